The lowest BCUT2D eigenvalue weighted by atomic mass is 9.88. The summed E-state index contributed by atoms with van der Waals surface area (Å²) in [5.74, 6) is 0.295. The molecule has 1 aromatic rings. The van der Waals surface area contributed by atoms with Gasteiger partial charge in [-0.2, -0.15) is 0 Å². The van der Waals surface area contributed by atoms with Gasteiger partial charge in [-0.3, -0.25) is 4.79 Å². The highest BCUT2D eigenvalue weighted by Gasteiger charge is 2.22. The number of nitrogen functional groups attached to an aromatic ring is 1. The highest BCUT2D eigenvalue weighted by atomic mass is 16.1. The Balaban J connectivity index is 2.88. The van der Waals surface area contributed by atoms with E-state index >= 15 is 0 Å². The van der Waals surface area contributed by atoms with Crippen molar-refractivity contribution in [2.45, 2.75) is 47.1 Å². The molecule has 1 atom stereocenters. The van der Waals surface area contributed by atoms with Crippen molar-refractivity contribution in [3.63, 3.8) is 0 Å². The molecular formula is C14H23N3O. The van der Waals surface area contributed by atoms with Crippen molar-refractivity contribution in [1.82, 2.24) is 10.3 Å². The van der Waals surface area contributed by atoms with Crippen molar-refractivity contribution >= 4 is 11.7 Å². The average Bonchev–Trinajstić information content (AvgIpc) is 2.26. The van der Waals surface area contributed by atoms with Crippen LogP contribution in [0, 0.1) is 5.41 Å². The Morgan fingerprint density at radius 3 is 2.56 bits per heavy atom. The van der Waals surface area contributed by atoms with Gasteiger partial charge in [-0.15, -0.1) is 0 Å². The van der Waals surface area contributed by atoms with Crippen LogP contribution < -0.4 is 11.1 Å². The maximum atomic E-state index is 12.1. The second kappa shape index (κ2) is 5.38. The lowest BCUT2D eigenvalue weighted by molar-refractivity contribution is 0.0910. The monoisotopic (exact) mass is 249 g/mol. The molecule has 100 valence electrons. The molecule has 4 heteroatoms. The Hall–Kier alpha value is -1.58. The van der Waals surface area contributed by atoms with E-state index in [-0.39, 0.29) is 17.4 Å². The molecule has 0 aliphatic carbocycles. The van der Waals surface area contributed by atoms with E-state index in [0.717, 1.165) is 12.1 Å². The number of nitrogens with zero attached hydrogens (tertiary/aromatic N) is 1. The molecule has 0 aliphatic heterocycles. The maximum absolute atomic E-state index is 12.1. The normalized spacial score (nSPS) is 13.2. The Kier molecular flexibility index (Phi) is 4.33. The minimum atomic E-state index is -0.0961. The first-order chi connectivity index (χ1) is 8.24. The Morgan fingerprint density at radius 2 is 2.06 bits per heavy atom. The number of hydrogen-bond donors (Lipinski definition) is 2. The molecule has 0 saturated heterocycles. The molecule has 1 unspecified atom stereocenters. The highest BCUT2D eigenvalue weighted by Crippen LogP contribution is 2.19. The number of nitrogens with one attached hydrogen (secondary N) is 1. The first kappa shape index (κ1) is 14.5. The van der Waals surface area contributed by atoms with E-state index in [4.69, 9.17) is 5.73 Å². The third-order valence-electron chi connectivity index (χ3n) is 3.17. The lowest BCUT2D eigenvalue weighted by Crippen LogP contribution is -2.41. The van der Waals surface area contributed by atoms with Crippen LogP contribution in [0.5, 0.6) is 0 Å². The topological polar surface area (TPSA) is 68.0 Å². The van der Waals surface area contributed by atoms with Crippen LogP contribution in [-0.4, -0.2) is 16.9 Å². The number of aryl methyl sites for hydroxylation is 1. The fraction of sp³-hybridized carbons (Fsp3) is 0.571. The number of nitrogens with two attached hydrogens (primary N) is 1. The SMILES string of the molecule is CCc1cc(C(=O)NC(C)C(C)(C)C)cc(N)n1. The van der Waals surface area contributed by atoms with Gasteiger partial charge in [-0.1, -0.05) is 27.7 Å². The number of hydrogen-bond acceptors (Lipinski definition) is 3. The second-order valence-electron chi connectivity index (χ2n) is 5.69. The van der Waals surface area contributed by atoms with E-state index in [0.29, 0.717) is 11.4 Å². The summed E-state index contributed by atoms with van der Waals surface area (Å²) in [6.45, 7) is 10.3. The van der Waals surface area contributed by atoms with Crippen LogP contribution in [0.15, 0.2) is 12.1 Å². The number of carbonyl (C=O) groups excluding carboxylic acids is 1. The van der Waals surface area contributed by atoms with E-state index < -0.39 is 0 Å². The molecule has 1 rings (SSSR count). The summed E-state index contributed by atoms with van der Waals surface area (Å²) < 4.78 is 0. The molecular weight excluding hydrogens is 226 g/mol. The molecule has 1 heterocycles. The minimum Gasteiger partial charge on any atom is -0.384 e. The summed E-state index contributed by atoms with van der Waals surface area (Å²) in [4.78, 5) is 16.3. The summed E-state index contributed by atoms with van der Waals surface area (Å²) in [5, 5.41) is 2.99. The number of rotatable bonds is 3. The average molecular weight is 249 g/mol. The van der Waals surface area contributed by atoms with Crippen molar-refractivity contribution in [2.24, 2.45) is 5.41 Å². The second-order valence-corrected chi connectivity index (χ2v) is 5.69. The summed E-state index contributed by atoms with van der Waals surface area (Å²) in [5.41, 5.74) is 7.14. The smallest absolute Gasteiger partial charge is 0.251 e. The molecule has 4 nitrogen and oxygen atoms in total. The molecule has 0 saturated carbocycles. The van der Waals surface area contributed by atoms with Gasteiger partial charge in [0.1, 0.15) is 5.82 Å². The predicted octanol–water partition coefficient (Wildman–Crippen LogP) is 2.39. The van der Waals surface area contributed by atoms with Gasteiger partial charge in [-0.25, -0.2) is 4.98 Å². The van der Waals surface area contributed by atoms with Crippen molar-refractivity contribution in [2.75, 3.05) is 5.73 Å². The number of amides is 1. The summed E-state index contributed by atoms with van der Waals surface area (Å²) in [7, 11) is 0. The Labute approximate surface area is 109 Å². The quantitative estimate of drug-likeness (QED) is 0.864. The van der Waals surface area contributed by atoms with Crippen LogP contribution in [-0.2, 0) is 6.42 Å². The highest BCUT2D eigenvalue weighted by molar-refractivity contribution is 5.95. The van der Waals surface area contributed by atoms with Crippen LogP contribution in [0.25, 0.3) is 0 Å². The van der Waals surface area contributed by atoms with Crippen LogP contribution in [0.3, 0.4) is 0 Å². The molecule has 18 heavy (non-hydrogen) atoms. The standard InChI is InChI=1S/C14H23N3O/c1-6-11-7-10(8-12(15)17-11)13(18)16-9(2)14(3,4)5/h7-9H,6H2,1-5H3,(H2,15,17)(H,16,18). The predicted molar refractivity (Wildman–Crippen MR) is 74.4 cm³/mol. The van der Waals surface area contributed by atoms with Crippen LogP contribution >= 0.6 is 0 Å². The number of pyridine rings is 1. The van der Waals surface area contributed by atoms with Crippen molar-refractivity contribution in [3.05, 3.63) is 23.4 Å². The van der Waals surface area contributed by atoms with Crippen molar-refractivity contribution < 1.29 is 4.79 Å². The molecule has 0 bridgehead atoms. The number of aromatic nitrogens is 1. The van der Waals surface area contributed by atoms with Crippen LogP contribution in [0.4, 0.5) is 5.82 Å². The summed E-state index contributed by atoms with van der Waals surface area (Å²) in [6, 6.07) is 3.50. The summed E-state index contributed by atoms with van der Waals surface area (Å²) in [6.07, 6.45) is 0.764. The number of carbonyl (C=O) groups is 1. The third-order valence-corrected chi connectivity index (χ3v) is 3.17. The fourth-order valence-corrected chi connectivity index (χ4v) is 1.42. The van der Waals surface area contributed by atoms with Crippen molar-refractivity contribution in [3.8, 4) is 0 Å². The van der Waals surface area contributed by atoms with Gasteiger partial charge in [-0.05, 0) is 30.9 Å². The summed E-state index contributed by atoms with van der Waals surface area (Å²) >= 11 is 0. The minimum absolute atomic E-state index is 0.0296. The molecule has 1 amide bonds. The van der Waals surface area contributed by atoms with Gasteiger partial charge in [0.15, 0.2) is 0 Å². The van der Waals surface area contributed by atoms with Gasteiger partial charge in [0.25, 0.3) is 5.91 Å². The molecule has 0 aromatic carbocycles. The molecule has 0 spiro atoms. The van der Waals surface area contributed by atoms with Gasteiger partial charge in [0, 0.05) is 17.3 Å². The molecule has 0 radical (unpaired) electrons. The third kappa shape index (κ3) is 3.72. The molecule has 0 fully saturated rings. The zero-order chi connectivity index (χ0) is 13.9. The van der Waals surface area contributed by atoms with Crippen molar-refractivity contribution in [1.29, 1.82) is 0 Å². The molecule has 0 aliphatic rings. The first-order valence-electron chi connectivity index (χ1n) is 6.31. The van der Waals surface area contributed by atoms with Crippen LogP contribution in [0.2, 0.25) is 0 Å². The van der Waals surface area contributed by atoms with Gasteiger partial charge in [0.2, 0.25) is 0 Å². The molecule has 3 N–H and O–H groups in total. The van der Waals surface area contributed by atoms with Gasteiger partial charge in [0.05, 0.1) is 0 Å². The zero-order valence-electron chi connectivity index (χ0n) is 11.9. The largest absolute Gasteiger partial charge is 0.384 e. The van der Waals surface area contributed by atoms with E-state index in [1.165, 1.54) is 0 Å². The molecule has 1 aromatic heterocycles. The van der Waals surface area contributed by atoms with Crippen LogP contribution in [0.1, 0.15) is 50.7 Å². The van der Waals surface area contributed by atoms with E-state index in [2.05, 4.69) is 31.1 Å². The lowest BCUT2D eigenvalue weighted by Gasteiger charge is -2.28. The Morgan fingerprint density at radius 1 is 1.44 bits per heavy atom. The first-order valence-corrected chi connectivity index (χ1v) is 6.31. The fourth-order valence-electron chi connectivity index (χ4n) is 1.42. The zero-order valence-corrected chi connectivity index (χ0v) is 11.9. The maximum Gasteiger partial charge on any atom is 0.251 e. The van der Waals surface area contributed by atoms with Gasteiger partial charge >= 0.3 is 0 Å². The van der Waals surface area contributed by atoms with E-state index in [1.54, 1.807) is 12.1 Å². The number of anilines is 1. The van der Waals surface area contributed by atoms with E-state index in [9.17, 15) is 4.79 Å². The Bertz CT molecular complexity index is 435. The van der Waals surface area contributed by atoms with E-state index in [1.807, 2.05) is 13.8 Å². The van der Waals surface area contributed by atoms with Gasteiger partial charge < -0.3 is 11.1 Å².